The molecule has 6 heteroatoms. The first kappa shape index (κ1) is 17.0. The predicted octanol–water partition coefficient (Wildman–Crippen LogP) is 2.86. The van der Waals surface area contributed by atoms with Crippen molar-refractivity contribution >= 4 is 11.8 Å². The molecule has 0 radical (unpaired) electrons. The number of hydrogen-bond acceptors (Lipinski definition) is 4. The molecule has 1 unspecified atom stereocenters. The lowest BCUT2D eigenvalue weighted by atomic mass is 9.87. The SMILES string of the molecule is COc1cc2c(cc1OC)C(c1ccc(F)cc1)N(C(C)=O)C(=O)C2. The number of rotatable bonds is 3. The van der Waals surface area contributed by atoms with Crippen LogP contribution in [0.5, 0.6) is 11.5 Å². The summed E-state index contributed by atoms with van der Waals surface area (Å²) >= 11 is 0. The molecule has 0 aliphatic carbocycles. The molecule has 1 aliphatic heterocycles. The molecule has 25 heavy (non-hydrogen) atoms. The summed E-state index contributed by atoms with van der Waals surface area (Å²) in [6, 6.07) is 8.67. The van der Waals surface area contributed by atoms with E-state index in [1.807, 2.05) is 0 Å². The Morgan fingerprint density at radius 1 is 1.12 bits per heavy atom. The van der Waals surface area contributed by atoms with Crippen LogP contribution in [-0.2, 0) is 16.0 Å². The van der Waals surface area contributed by atoms with E-state index in [1.54, 1.807) is 24.3 Å². The van der Waals surface area contributed by atoms with Gasteiger partial charge in [0.05, 0.1) is 26.7 Å². The topological polar surface area (TPSA) is 55.8 Å². The minimum atomic E-state index is -0.630. The van der Waals surface area contributed by atoms with Crippen LogP contribution in [0.1, 0.15) is 29.7 Å². The first-order valence-electron chi connectivity index (χ1n) is 7.79. The van der Waals surface area contributed by atoms with Crippen LogP contribution in [0, 0.1) is 5.82 Å². The molecular weight excluding hydrogens is 325 g/mol. The Bertz CT molecular complexity index is 832. The molecule has 0 aromatic heterocycles. The Labute approximate surface area is 145 Å². The van der Waals surface area contributed by atoms with Gasteiger partial charge in [-0.1, -0.05) is 12.1 Å². The molecule has 1 aliphatic rings. The van der Waals surface area contributed by atoms with Gasteiger partial charge in [-0.25, -0.2) is 4.39 Å². The number of hydrogen-bond donors (Lipinski definition) is 0. The van der Waals surface area contributed by atoms with Gasteiger partial charge in [-0.15, -0.1) is 0 Å². The summed E-state index contributed by atoms with van der Waals surface area (Å²) in [5, 5.41) is 0. The average Bonchev–Trinajstić information content (AvgIpc) is 2.59. The molecular formula is C19H18FNO4. The number of amides is 2. The highest BCUT2D eigenvalue weighted by Gasteiger charge is 2.37. The number of ether oxygens (including phenoxy) is 2. The highest BCUT2D eigenvalue weighted by Crippen LogP contribution is 2.41. The minimum absolute atomic E-state index is 0.0902. The van der Waals surface area contributed by atoms with Gasteiger partial charge in [0.2, 0.25) is 11.8 Å². The maximum atomic E-state index is 13.3. The number of benzene rings is 2. The van der Waals surface area contributed by atoms with Crippen molar-refractivity contribution in [1.29, 1.82) is 0 Å². The molecule has 1 heterocycles. The molecule has 2 aromatic carbocycles. The smallest absolute Gasteiger partial charge is 0.234 e. The molecule has 0 saturated heterocycles. The Balaban J connectivity index is 2.23. The fraction of sp³-hybridized carbons (Fsp3) is 0.263. The van der Waals surface area contributed by atoms with Crippen molar-refractivity contribution in [3.05, 3.63) is 58.9 Å². The van der Waals surface area contributed by atoms with E-state index in [1.165, 1.54) is 38.2 Å². The highest BCUT2D eigenvalue weighted by atomic mass is 19.1. The van der Waals surface area contributed by atoms with Gasteiger partial charge < -0.3 is 9.47 Å². The number of halogens is 1. The lowest BCUT2D eigenvalue weighted by molar-refractivity contribution is -0.146. The first-order valence-corrected chi connectivity index (χ1v) is 7.79. The van der Waals surface area contributed by atoms with Crippen LogP contribution in [-0.4, -0.2) is 30.9 Å². The summed E-state index contributed by atoms with van der Waals surface area (Å²) < 4.78 is 24.0. The quantitative estimate of drug-likeness (QED) is 0.860. The largest absolute Gasteiger partial charge is 0.493 e. The zero-order chi connectivity index (χ0) is 18.1. The van der Waals surface area contributed by atoms with Crippen molar-refractivity contribution in [2.75, 3.05) is 14.2 Å². The number of imide groups is 1. The van der Waals surface area contributed by atoms with E-state index in [2.05, 4.69) is 0 Å². The van der Waals surface area contributed by atoms with Crippen molar-refractivity contribution < 1.29 is 23.5 Å². The van der Waals surface area contributed by atoms with Crippen molar-refractivity contribution in [3.63, 3.8) is 0 Å². The van der Waals surface area contributed by atoms with E-state index in [4.69, 9.17) is 9.47 Å². The van der Waals surface area contributed by atoms with Crippen molar-refractivity contribution in [3.8, 4) is 11.5 Å². The molecule has 0 saturated carbocycles. The summed E-state index contributed by atoms with van der Waals surface area (Å²) in [4.78, 5) is 25.9. The molecule has 2 amide bonds. The zero-order valence-corrected chi connectivity index (χ0v) is 14.2. The van der Waals surface area contributed by atoms with Gasteiger partial charge in [0.15, 0.2) is 11.5 Å². The predicted molar refractivity (Wildman–Crippen MR) is 89.0 cm³/mol. The Morgan fingerprint density at radius 3 is 2.28 bits per heavy atom. The van der Waals surface area contributed by atoms with Gasteiger partial charge in [0.25, 0.3) is 0 Å². The molecule has 0 N–H and O–H groups in total. The first-order chi connectivity index (χ1) is 12.0. The van der Waals surface area contributed by atoms with Crippen LogP contribution in [0.2, 0.25) is 0 Å². The standard InChI is InChI=1S/C19H18FNO4/c1-11(22)21-18(23)9-13-8-16(24-2)17(25-3)10-15(13)19(21)12-4-6-14(20)7-5-12/h4-8,10,19H,9H2,1-3H3. The summed E-state index contributed by atoms with van der Waals surface area (Å²) in [5.74, 6) is -0.0245. The summed E-state index contributed by atoms with van der Waals surface area (Å²) in [6.07, 6.45) is 0.0902. The van der Waals surface area contributed by atoms with Crippen molar-refractivity contribution in [2.24, 2.45) is 0 Å². The van der Waals surface area contributed by atoms with Crippen LogP contribution in [0.15, 0.2) is 36.4 Å². The third-order valence-electron chi connectivity index (χ3n) is 4.33. The molecule has 3 rings (SSSR count). The van der Waals surface area contributed by atoms with E-state index in [0.717, 1.165) is 11.1 Å². The fourth-order valence-electron chi connectivity index (χ4n) is 3.21. The maximum absolute atomic E-state index is 13.3. The maximum Gasteiger partial charge on any atom is 0.234 e. The number of carbonyl (C=O) groups is 2. The molecule has 1 atom stereocenters. The lowest BCUT2D eigenvalue weighted by Gasteiger charge is -2.36. The van der Waals surface area contributed by atoms with Gasteiger partial charge in [-0.2, -0.15) is 0 Å². The van der Waals surface area contributed by atoms with Crippen molar-refractivity contribution in [2.45, 2.75) is 19.4 Å². The number of nitrogens with zero attached hydrogens (tertiary/aromatic N) is 1. The van der Waals surface area contributed by atoms with Crippen LogP contribution >= 0.6 is 0 Å². The van der Waals surface area contributed by atoms with Gasteiger partial charge >= 0.3 is 0 Å². The third kappa shape index (κ3) is 2.95. The van der Waals surface area contributed by atoms with E-state index >= 15 is 0 Å². The lowest BCUT2D eigenvalue weighted by Crippen LogP contribution is -2.43. The second-order valence-corrected chi connectivity index (χ2v) is 5.82. The van der Waals surface area contributed by atoms with E-state index < -0.39 is 6.04 Å². The summed E-state index contributed by atoms with van der Waals surface area (Å²) in [6.45, 7) is 1.35. The molecule has 2 aromatic rings. The number of fused-ring (bicyclic) bond motifs is 1. The average molecular weight is 343 g/mol. The molecule has 0 spiro atoms. The van der Waals surface area contributed by atoms with Gasteiger partial charge in [0.1, 0.15) is 5.82 Å². The van der Waals surface area contributed by atoms with Gasteiger partial charge in [-0.05, 0) is 41.0 Å². The highest BCUT2D eigenvalue weighted by molar-refractivity contribution is 5.97. The van der Waals surface area contributed by atoms with E-state index in [0.29, 0.717) is 17.1 Å². The molecule has 0 bridgehead atoms. The van der Waals surface area contributed by atoms with Crippen LogP contribution in [0.25, 0.3) is 0 Å². The molecule has 0 fully saturated rings. The minimum Gasteiger partial charge on any atom is -0.493 e. The normalized spacial score (nSPS) is 16.4. The van der Waals surface area contributed by atoms with Crippen LogP contribution < -0.4 is 9.47 Å². The molecule has 5 nitrogen and oxygen atoms in total. The summed E-state index contributed by atoms with van der Waals surface area (Å²) in [7, 11) is 3.04. The van der Waals surface area contributed by atoms with Crippen LogP contribution in [0.4, 0.5) is 4.39 Å². The van der Waals surface area contributed by atoms with Gasteiger partial charge in [-0.3, -0.25) is 14.5 Å². The van der Waals surface area contributed by atoms with E-state index in [9.17, 15) is 14.0 Å². The Hall–Kier alpha value is -2.89. The third-order valence-corrected chi connectivity index (χ3v) is 4.33. The monoisotopic (exact) mass is 343 g/mol. The molecule has 130 valence electrons. The Kier molecular flexibility index (Phi) is 4.44. The zero-order valence-electron chi connectivity index (χ0n) is 14.2. The van der Waals surface area contributed by atoms with Crippen LogP contribution in [0.3, 0.4) is 0 Å². The fourth-order valence-corrected chi connectivity index (χ4v) is 3.21. The van der Waals surface area contributed by atoms with Crippen molar-refractivity contribution in [1.82, 2.24) is 4.90 Å². The second-order valence-electron chi connectivity index (χ2n) is 5.82. The number of methoxy groups -OCH3 is 2. The summed E-state index contributed by atoms with van der Waals surface area (Å²) in [5.41, 5.74) is 2.17. The second kappa shape index (κ2) is 6.55. The number of carbonyl (C=O) groups excluding carboxylic acids is 2. The Morgan fingerprint density at radius 2 is 1.72 bits per heavy atom. The van der Waals surface area contributed by atoms with E-state index in [-0.39, 0.29) is 24.1 Å². The van der Waals surface area contributed by atoms with Gasteiger partial charge in [0, 0.05) is 6.92 Å².